The monoisotopic (exact) mass is 395 g/mol. The molecule has 148 valence electrons. The van der Waals surface area contributed by atoms with Gasteiger partial charge in [-0.3, -0.25) is 14.5 Å². The van der Waals surface area contributed by atoms with Crippen LogP contribution in [-0.2, 0) is 9.59 Å². The number of aliphatic carboxylic acids is 1. The predicted octanol–water partition coefficient (Wildman–Crippen LogP) is 2.20. The van der Waals surface area contributed by atoms with Gasteiger partial charge in [-0.1, -0.05) is 11.6 Å². The van der Waals surface area contributed by atoms with Crippen LogP contribution in [0.25, 0.3) is 0 Å². The lowest BCUT2D eigenvalue weighted by Gasteiger charge is -2.42. The number of ether oxygens (including phenoxy) is 1. The minimum absolute atomic E-state index is 0.0813. The molecule has 0 saturated heterocycles. The van der Waals surface area contributed by atoms with Gasteiger partial charge in [0, 0.05) is 23.7 Å². The van der Waals surface area contributed by atoms with E-state index in [4.69, 9.17) is 21.4 Å². The van der Waals surface area contributed by atoms with Gasteiger partial charge in [0.25, 0.3) is 0 Å². The zero-order chi connectivity index (χ0) is 19.4. The van der Waals surface area contributed by atoms with Gasteiger partial charge in [-0.2, -0.15) is 0 Å². The molecule has 0 aromatic heterocycles. The standard InChI is InChI=1S/C19H26ClN3O4/c1-27-17-5-4-13(20)6-16(17)21-9-18(24)22-14-7-15(8-14)23(11-19(25)26)10-12-2-3-12/h4-6,12,14-15,21H,2-3,7-11H2,1H3,(H,22,24)(H,25,26). The molecule has 27 heavy (non-hydrogen) atoms. The molecule has 0 heterocycles. The molecule has 7 nitrogen and oxygen atoms in total. The molecule has 1 amide bonds. The molecule has 1 aromatic rings. The van der Waals surface area contributed by atoms with Crippen molar-refractivity contribution in [1.29, 1.82) is 0 Å². The van der Waals surface area contributed by atoms with Gasteiger partial charge in [0.05, 0.1) is 25.9 Å². The summed E-state index contributed by atoms with van der Waals surface area (Å²) in [5.74, 6) is 0.380. The Kier molecular flexibility index (Phi) is 6.44. The number of benzene rings is 1. The van der Waals surface area contributed by atoms with Gasteiger partial charge in [-0.25, -0.2) is 0 Å². The number of halogens is 1. The van der Waals surface area contributed by atoms with Crippen LogP contribution >= 0.6 is 11.6 Å². The molecule has 8 heteroatoms. The van der Waals surface area contributed by atoms with E-state index in [0.717, 1.165) is 19.4 Å². The highest BCUT2D eigenvalue weighted by Crippen LogP contribution is 2.33. The topological polar surface area (TPSA) is 90.9 Å². The van der Waals surface area contributed by atoms with E-state index in [-0.39, 0.29) is 31.1 Å². The van der Waals surface area contributed by atoms with Gasteiger partial charge < -0.3 is 20.5 Å². The molecule has 2 aliphatic rings. The van der Waals surface area contributed by atoms with Gasteiger partial charge >= 0.3 is 5.97 Å². The SMILES string of the molecule is COc1ccc(Cl)cc1NCC(=O)NC1CC(N(CC(=O)O)CC2CC2)C1. The Labute approximate surface area is 164 Å². The van der Waals surface area contributed by atoms with Crippen molar-refractivity contribution in [2.45, 2.75) is 37.8 Å². The summed E-state index contributed by atoms with van der Waals surface area (Å²) in [6.07, 6.45) is 3.99. The van der Waals surface area contributed by atoms with Crippen LogP contribution in [0.15, 0.2) is 18.2 Å². The van der Waals surface area contributed by atoms with Gasteiger partial charge in [-0.05, 0) is 49.8 Å². The Morgan fingerprint density at radius 1 is 1.33 bits per heavy atom. The first-order chi connectivity index (χ1) is 12.9. The van der Waals surface area contributed by atoms with E-state index in [1.807, 2.05) is 0 Å². The van der Waals surface area contributed by atoms with E-state index in [1.165, 1.54) is 12.8 Å². The molecule has 1 aromatic carbocycles. The molecule has 0 unspecified atom stereocenters. The third kappa shape index (κ3) is 5.74. The number of carbonyl (C=O) groups is 2. The second-order valence-electron chi connectivity index (χ2n) is 7.35. The smallest absolute Gasteiger partial charge is 0.317 e. The summed E-state index contributed by atoms with van der Waals surface area (Å²) < 4.78 is 5.25. The highest BCUT2D eigenvalue weighted by atomic mass is 35.5. The molecule has 2 fully saturated rings. The number of carbonyl (C=O) groups excluding carboxylic acids is 1. The quantitative estimate of drug-likeness (QED) is 0.562. The van der Waals surface area contributed by atoms with Crippen molar-refractivity contribution in [2.75, 3.05) is 32.1 Å². The first-order valence-corrected chi connectivity index (χ1v) is 9.65. The average molecular weight is 396 g/mol. The largest absolute Gasteiger partial charge is 0.495 e. The van der Waals surface area contributed by atoms with Gasteiger partial charge in [-0.15, -0.1) is 0 Å². The third-order valence-electron chi connectivity index (χ3n) is 5.12. The number of amides is 1. The van der Waals surface area contributed by atoms with Crippen LogP contribution in [0, 0.1) is 5.92 Å². The lowest BCUT2D eigenvalue weighted by Crippen LogP contribution is -2.55. The van der Waals surface area contributed by atoms with Crippen molar-refractivity contribution >= 4 is 29.2 Å². The fourth-order valence-corrected chi connectivity index (χ4v) is 3.60. The molecule has 2 saturated carbocycles. The summed E-state index contributed by atoms with van der Waals surface area (Å²) in [5, 5.41) is 15.7. The first kappa shape index (κ1) is 19.8. The fourth-order valence-electron chi connectivity index (χ4n) is 3.42. The van der Waals surface area contributed by atoms with E-state index >= 15 is 0 Å². The van der Waals surface area contributed by atoms with E-state index in [2.05, 4.69) is 15.5 Å². The maximum atomic E-state index is 12.2. The van der Waals surface area contributed by atoms with Crippen LogP contribution in [0.4, 0.5) is 5.69 Å². The molecule has 0 spiro atoms. The Bertz CT molecular complexity index is 690. The number of nitrogens with zero attached hydrogens (tertiary/aromatic N) is 1. The molecule has 3 rings (SSSR count). The number of methoxy groups -OCH3 is 1. The van der Waals surface area contributed by atoms with Gasteiger partial charge in [0.1, 0.15) is 5.75 Å². The molecule has 0 aliphatic heterocycles. The summed E-state index contributed by atoms with van der Waals surface area (Å²) in [4.78, 5) is 25.3. The van der Waals surface area contributed by atoms with Crippen molar-refractivity contribution in [3.8, 4) is 5.75 Å². The van der Waals surface area contributed by atoms with Crippen LogP contribution in [0.1, 0.15) is 25.7 Å². The van der Waals surface area contributed by atoms with E-state index < -0.39 is 5.97 Å². The second kappa shape index (κ2) is 8.80. The normalized spacial score (nSPS) is 21.4. The number of hydrogen-bond donors (Lipinski definition) is 3. The summed E-state index contributed by atoms with van der Waals surface area (Å²) in [6.45, 7) is 1.06. The average Bonchev–Trinajstić information content (AvgIpc) is 3.39. The van der Waals surface area contributed by atoms with Gasteiger partial charge in [0.15, 0.2) is 0 Å². The Morgan fingerprint density at radius 3 is 2.70 bits per heavy atom. The van der Waals surface area contributed by atoms with Crippen LogP contribution in [0.2, 0.25) is 5.02 Å². The Balaban J connectivity index is 1.42. The van der Waals surface area contributed by atoms with E-state index in [0.29, 0.717) is 22.4 Å². The molecular weight excluding hydrogens is 370 g/mol. The summed E-state index contributed by atoms with van der Waals surface area (Å²) in [6, 6.07) is 5.53. The summed E-state index contributed by atoms with van der Waals surface area (Å²) in [7, 11) is 1.56. The Morgan fingerprint density at radius 2 is 2.07 bits per heavy atom. The number of rotatable bonds is 10. The van der Waals surface area contributed by atoms with Crippen molar-refractivity contribution in [3.63, 3.8) is 0 Å². The molecule has 3 N–H and O–H groups in total. The summed E-state index contributed by atoms with van der Waals surface area (Å²) >= 11 is 5.98. The number of carboxylic acid groups (broad SMARTS) is 1. The van der Waals surface area contributed by atoms with Crippen LogP contribution in [0.5, 0.6) is 5.75 Å². The van der Waals surface area contributed by atoms with Crippen LogP contribution < -0.4 is 15.4 Å². The zero-order valence-corrected chi connectivity index (χ0v) is 16.2. The van der Waals surface area contributed by atoms with Gasteiger partial charge in [0.2, 0.25) is 5.91 Å². The summed E-state index contributed by atoms with van der Waals surface area (Å²) in [5.41, 5.74) is 0.670. The van der Waals surface area contributed by atoms with Crippen LogP contribution in [-0.4, -0.2) is 60.7 Å². The predicted molar refractivity (Wildman–Crippen MR) is 103 cm³/mol. The van der Waals surface area contributed by atoms with E-state index in [1.54, 1.807) is 25.3 Å². The Hall–Kier alpha value is -1.99. The van der Waals surface area contributed by atoms with E-state index in [9.17, 15) is 9.59 Å². The number of nitrogens with one attached hydrogen (secondary N) is 2. The fraction of sp³-hybridized carbons (Fsp3) is 0.579. The minimum atomic E-state index is -0.789. The lowest BCUT2D eigenvalue weighted by molar-refractivity contribution is -0.140. The van der Waals surface area contributed by atoms with Crippen molar-refractivity contribution in [1.82, 2.24) is 10.2 Å². The molecule has 0 atom stereocenters. The minimum Gasteiger partial charge on any atom is -0.495 e. The molecule has 0 radical (unpaired) electrons. The molecular formula is C19H26ClN3O4. The highest BCUT2D eigenvalue weighted by Gasteiger charge is 2.37. The second-order valence-corrected chi connectivity index (χ2v) is 7.79. The molecule has 2 aliphatic carbocycles. The first-order valence-electron chi connectivity index (χ1n) is 9.27. The van der Waals surface area contributed by atoms with Crippen molar-refractivity contribution in [2.24, 2.45) is 5.92 Å². The lowest BCUT2D eigenvalue weighted by atomic mass is 9.85. The van der Waals surface area contributed by atoms with Crippen molar-refractivity contribution < 1.29 is 19.4 Å². The van der Waals surface area contributed by atoms with Crippen molar-refractivity contribution in [3.05, 3.63) is 23.2 Å². The third-order valence-corrected chi connectivity index (χ3v) is 5.36. The maximum absolute atomic E-state index is 12.2. The maximum Gasteiger partial charge on any atom is 0.317 e. The number of hydrogen-bond acceptors (Lipinski definition) is 5. The molecule has 0 bridgehead atoms. The zero-order valence-electron chi connectivity index (χ0n) is 15.4. The number of anilines is 1. The van der Waals surface area contributed by atoms with Crippen LogP contribution in [0.3, 0.4) is 0 Å². The highest BCUT2D eigenvalue weighted by molar-refractivity contribution is 6.30. The number of carboxylic acids is 1.